The molecule has 1 aromatic heterocycles. The van der Waals surface area contributed by atoms with E-state index in [2.05, 4.69) is 40.6 Å². The van der Waals surface area contributed by atoms with E-state index in [-0.39, 0.29) is 0 Å². The van der Waals surface area contributed by atoms with Crippen LogP contribution in [0.5, 0.6) is 0 Å². The molecule has 0 spiro atoms. The molecule has 2 aromatic rings. The second-order valence-electron chi connectivity index (χ2n) is 5.05. The van der Waals surface area contributed by atoms with Gasteiger partial charge in [-0.15, -0.1) is 11.6 Å². The lowest BCUT2D eigenvalue weighted by atomic mass is 10.2. The smallest absolute Gasteiger partial charge is 0.111 e. The highest BCUT2D eigenvalue weighted by Crippen LogP contribution is 2.28. The summed E-state index contributed by atoms with van der Waals surface area (Å²) in [5, 5.41) is 0.737. The van der Waals surface area contributed by atoms with Crippen molar-refractivity contribution in [2.45, 2.75) is 37.5 Å². The second kappa shape index (κ2) is 6.19. The van der Waals surface area contributed by atoms with Crippen LogP contribution in [-0.4, -0.2) is 26.4 Å². The molecule has 0 aliphatic carbocycles. The third-order valence-electron chi connectivity index (χ3n) is 3.71. The molecule has 19 heavy (non-hydrogen) atoms. The van der Waals surface area contributed by atoms with E-state index in [1.54, 1.807) is 0 Å². The van der Waals surface area contributed by atoms with E-state index in [1.807, 2.05) is 0 Å². The Kier molecular flexibility index (Phi) is 4.34. The fourth-order valence-corrected chi connectivity index (χ4v) is 4.22. The number of halogens is 1. The molecule has 3 rings (SSSR count). The van der Waals surface area contributed by atoms with Gasteiger partial charge in [0.1, 0.15) is 5.82 Å². The van der Waals surface area contributed by atoms with Gasteiger partial charge in [-0.05, 0) is 30.7 Å². The maximum Gasteiger partial charge on any atom is 0.111 e. The molecule has 0 amide bonds. The Morgan fingerprint density at radius 2 is 2.21 bits per heavy atom. The molecule has 4 heteroatoms. The molecule has 1 atom stereocenters. The van der Waals surface area contributed by atoms with Gasteiger partial charge < -0.3 is 4.57 Å². The van der Waals surface area contributed by atoms with Crippen molar-refractivity contribution >= 4 is 34.4 Å². The van der Waals surface area contributed by atoms with Gasteiger partial charge in [0.25, 0.3) is 0 Å². The fraction of sp³-hybridized carbons (Fsp3) is 0.533. The molecule has 2 nitrogen and oxygen atoms in total. The molecule has 1 fully saturated rings. The highest BCUT2D eigenvalue weighted by Gasteiger charge is 2.18. The summed E-state index contributed by atoms with van der Waals surface area (Å²) in [7, 11) is 0. The number of thioether (sulfide) groups is 1. The quantitative estimate of drug-likeness (QED) is 0.790. The minimum absolute atomic E-state index is 0.640. The Bertz CT molecular complexity index is 546. The van der Waals surface area contributed by atoms with E-state index in [0.717, 1.165) is 29.6 Å². The zero-order valence-corrected chi connectivity index (χ0v) is 12.6. The van der Waals surface area contributed by atoms with Crippen LogP contribution in [0.25, 0.3) is 11.0 Å². The van der Waals surface area contributed by atoms with Crippen molar-refractivity contribution in [1.82, 2.24) is 9.55 Å². The average molecular weight is 295 g/mol. The normalized spacial score (nSPS) is 19.9. The highest BCUT2D eigenvalue weighted by molar-refractivity contribution is 7.99. The number of nitrogens with zero attached hydrogens (tertiary/aromatic N) is 2. The number of benzene rings is 1. The second-order valence-corrected chi connectivity index (χ2v) is 6.84. The van der Waals surface area contributed by atoms with E-state index in [0.29, 0.717) is 5.88 Å². The van der Waals surface area contributed by atoms with Crippen molar-refractivity contribution in [3.05, 3.63) is 30.1 Å². The molecular weight excluding hydrogens is 276 g/mol. The first-order chi connectivity index (χ1) is 9.38. The SMILES string of the molecule is ClCCc1nc2ccccc2n1CC1CCCCS1. The Labute approximate surface area is 123 Å². The average Bonchev–Trinajstić information content (AvgIpc) is 2.79. The van der Waals surface area contributed by atoms with E-state index in [1.165, 1.54) is 30.5 Å². The summed E-state index contributed by atoms with van der Waals surface area (Å²) in [6.07, 6.45) is 4.93. The Balaban J connectivity index is 1.92. The van der Waals surface area contributed by atoms with Crippen LogP contribution >= 0.6 is 23.4 Å². The van der Waals surface area contributed by atoms with Crippen LogP contribution in [0.15, 0.2) is 24.3 Å². The van der Waals surface area contributed by atoms with Crippen LogP contribution in [0.2, 0.25) is 0 Å². The number of para-hydroxylation sites is 2. The van der Waals surface area contributed by atoms with Gasteiger partial charge >= 0.3 is 0 Å². The Hall–Kier alpha value is -0.670. The molecule has 1 aromatic carbocycles. The van der Waals surface area contributed by atoms with Crippen LogP contribution in [0.3, 0.4) is 0 Å². The van der Waals surface area contributed by atoms with Crippen LogP contribution in [-0.2, 0) is 13.0 Å². The first-order valence-electron chi connectivity index (χ1n) is 7.00. The lowest BCUT2D eigenvalue weighted by molar-refractivity contribution is 0.577. The van der Waals surface area contributed by atoms with Crippen LogP contribution < -0.4 is 0 Å². The van der Waals surface area contributed by atoms with Crippen molar-refractivity contribution in [1.29, 1.82) is 0 Å². The Morgan fingerprint density at radius 3 is 3.00 bits per heavy atom. The number of aromatic nitrogens is 2. The predicted molar refractivity (Wildman–Crippen MR) is 84.3 cm³/mol. The minimum atomic E-state index is 0.640. The highest BCUT2D eigenvalue weighted by atomic mass is 35.5. The third kappa shape index (κ3) is 2.92. The first kappa shape index (κ1) is 13.3. The van der Waals surface area contributed by atoms with Gasteiger partial charge in [0, 0.05) is 24.1 Å². The number of hydrogen-bond acceptors (Lipinski definition) is 2. The van der Waals surface area contributed by atoms with Gasteiger partial charge in [0.2, 0.25) is 0 Å². The standard InChI is InChI=1S/C15H19ClN2S/c16-9-8-15-17-13-6-1-2-7-14(13)18(15)11-12-5-3-4-10-19-12/h1-2,6-7,12H,3-5,8-11H2. The molecule has 0 radical (unpaired) electrons. The molecule has 0 bridgehead atoms. The molecule has 2 heterocycles. The zero-order chi connectivity index (χ0) is 13.1. The summed E-state index contributed by atoms with van der Waals surface area (Å²) in [4.78, 5) is 4.74. The van der Waals surface area contributed by atoms with Gasteiger partial charge in [-0.3, -0.25) is 0 Å². The molecular formula is C15H19ClN2S. The number of aryl methyl sites for hydroxylation is 1. The number of imidazole rings is 1. The molecule has 102 valence electrons. The summed E-state index contributed by atoms with van der Waals surface area (Å²) in [5.74, 6) is 3.09. The summed E-state index contributed by atoms with van der Waals surface area (Å²) in [5.41, 5.74) is 2.36. The number of rotatable bonds is 4. The largest absolute Gasteiger partial charge is 0.327 e. The maximum atomic E-state index is 5.92. The zero-order valence-electron chi connectivity index (χ0n) is 11.0. The van der Waals surface area contributed by atoms with E-state index in [9.17, 15) is 0 Å². The van der Waals surface area contributed by atoms with Crippen molar-refractivity contribution in [3.63, 3.8) is 0 Å². The lowest BCUT2D eigenvalue weighted by Gasteiger charge is -2.22. The van der Waals surface area contributed by atoms with Crippen molar-refractivity contribution < 1.29 is 0 Å². The van der Waals surface area contributed by atoms with Gasteiger partial charge in [0.15, 0.2) is 0 Å². The van der Waals surface area contributed by atoms with Crippen molar-refractivity contribution in [2.75, 3.05) is 11.6 Å². The van der Waals surface area contributed by atoms with Gasteiger partial charge in [-0.25, -0.2) is 4.98 Å². The van der Waals surface area contributed by atoms with Crippen LogP contribution in [0.4, 0.5) is 0 Å². The monoisotopic (exact) mass is 294 g/mol. The van der Waals surface area contributed by atoms with Crippen molar-refractivity contribution in [2.24, 2.45) is 0 Å². The Morgan fingerprint density at radius 1 is 1.32 bits per heavy atom. The summed E-state index contributed by atoms with van der Waals surface area (Å²) in [6, 6.07) is 8.42. The number of hydrogen-bond donors (Lipinski definition) is 0. The van der Waals surface area contributed by atoms with Gasteiger partial charge in [0.05, 0.1) is 11.0 Å². The topological polar surface area (TPSA) is 17.8 Å². The van der Waals surface area contributed by atoms with Gasteiger partial charge in [-0.2, -0.15) is 11.8 Å². The minimum Gasteiger partial charge on any atom is -0.327 e. The molecule has 1 saturated heterocycles. The van der Waals surface area contributed by atoms with E-state index in [4.69, 9.17) is 16.6 Å². The fourth-order valence-electron chi connectivity index (χ4n) is 2.76. The molecule has 0 N–H and O–H groups in total. The van der Waals surface area contributed by atoms with Crippen molar-refractivity contribution in [3.8, 4) is 0 Å². The van der Waals surface area contributed by atoms with Gasteiger partial charge in [-0.1, -0.05) is 18.6 Å². The lowest BCUT2D eigenvalue weighted by Crippen LogP contribution is -2.18. The molecule has 1 aliphatic heterocycles. The number of alkyl halides is 1. The van der Waals surface area contributed by atoms with Crippen LogP contribution in [0.1, 0.15) is 25.1 Å². The van der Waals surface area contributed by atoms with E-state index < -0.39 is 0 Å². The van der Waals surface area contributed by atoms with E-state index >= 15 is 0 Å². The molecule has 0 saturated carbocycles. The summed E-state index contributed by atoms with van der Waals surface area (Å²) < 4.78 is 2.39. The predicted octanol–water partition coefficient (Wildman–Crippen LogP) is 4.10. The maximum absolute atomic E-state index is 5.92. The third-order valence-corrected chi connectivity index (χ3v) is 5.28. The molecule has 1 aliphatic rings. The van der Waals surface area contributed by atoms with Crippen LogP contribution in [0, 0.1) is 0 Å². The summed E-state index contributed by atoms with van der Waals surface area (Å²) >= 11 is 8.03. The number of fused-ring (bicyclic) bond motifs is 1. The molecule has 1 unspecified atom stereocenters. The first-order valence-corrected chi connectivity index (χ1v) is 8.58. The summed E-state index contributed by atoms with van der Waals surface area (Å²) in [6.45, 7) is 1.08.